The molecule has 2 N–H and O–H groups in total. The highest BCUT2D eigenvalue weighted by Gasteiger charge is 2.11. The second-order valence-electron chi connectivity index (χ2n) is 4.67. The highest BCUT2D eigenvalue weighted by Crippen LogP contribution is 2.17. The molecule has 4 nitrogen and oxygen atoms in total. The van der Waals surface area contributed by atoms with Gasteiger partial charge in [0.2, 0.25) is 0 Å². The van der Waals surface area contributed by atoms with Crippen molar-refractivity contribution in [1.82, 2.24) is 4.98 Å². The molecule has 0 aliphatic carbocycles. The summed E-state index contributed by atoms with van der Waals surface area (Å²) in [6, 6.07) is 6.41. The summed E-state index contributed by atoms with van der Waals surface area (Å²) in [5.74, 6) is 1.89. The predicted molar refractivity (Wildman–Crippen MR) is 77.2 cm³/mol. The molecule has 0 saturated carbocycles. The van der Waals surface area contributed by atoms with Crippen LogP contribution in [0.2, 0.25) is 0 Å². The third-order valence-electron chi connectivity index (χ3n) is 2.77. The zero-order valence-electron chi connectivity index (χ0n) is 11.7. The molecule has 0 bridgehead atoms. The topological polar surface area (TPSA) is 48.4 Å². The van der Waals surface area contributed by atoms with Crippen molar-refractivity contribution in [3.63, 3.8) is 0 Å². The Labute approximate surface area is 110 Å². The number of hydrogen-bond donors (Lipinski definition) is 2. The molecule has 1 rings (SSSR count). The standard InChI is InChI=1S/C14H25N3O/c1-4-9-15-13-7-5-8-14(16-13)17(12(2)3)10-6-11-18/h5,7-8,12,18H,4,6,9-11H2,1-3H3,(H,15,16). The minimum Gasteiger partial charge on any atom is -0.396 e. The maximum atomic E-state index is 8.96. The Kier molecular flexibility index (Phi) is 6.50. The van der Waals surface area contributed by atoms with Gasteiger partial charge in [-0.05, 0) is 38.8 Å². The normalized spacial score (nSPS) is 10.7. The van der Waals surface area contributed by atoms with E-state index in [4.69, 9.17) is 5.11 Å². The lowest BCUT2D eigenvalue weighted by Crippen LogP contribution is -2.33. The zero-order chi connectivity index (χ0) is 13.4. The van der Waals surface area contributed by atoms with Crippen molar-refractivity contribution in [2.24, 2.45) is 0 Å². The van der Waals surface area contributed by atoms with Crippen LogP contribution in [0.3, 0.4) is 0 Å². The van der Waals surface area contributed by atoms with Gasteiger partial charge in [0.15, 0.2) is 0 Å². The van der Waals surface area contributed by atoms with Gasteiger partial charge in [0.05, 0.1) is 0 Å². The van der Waals surface area contributed by atoms with Crippen LogP contribution in [0.1, 0.15) is 33.6 Å². The molecule has 1 aromatic rings. The molecule has 0 aliphatic rings. The first kappa shape index (κ1) is 14.8. The van der Waals surface area contributed by atoms with E-state index in [1.807, 2.05) is 18.2 Å². The summed E-state index contributed by atoms with van der Waals surface area (Å²) in [6.07, 6.45) is 1.86. The lowest BCUT2D eigenvalue weighted by molar-refractivity contribution is 0.288. The van der Waals surface area contributed by atoms with Crippen molar-refractivity contribution >= 4 is 11.6 Å². The van der Waals surface area contributed by atoms with Crippen molar-refractivity contribution in [2.75, 3.05) is 29.9 Å². The number of pyridine rings is 1. The molecular formula is C14H25N3O. The van der Waals surface area contributed by atoms with Gasteiger partial charge in [0.25, 0.3) is 0 Å². The fourth-order valence-electron chi connectivity index (χ4n) is 1.81. The third kappa shape index (κ3) is 4.53. The largest absolute Gasteiger partial charge is 0.396 e. The van der Waals surface area contributed by atoms with Gasteiger partial charge in [0, 0.05) is 25.7 Å². The monoisotopic (exact) mass is 251 g/mol. The van der Waals surface area contributed by atoms with E-state index in [0.29, 0.717) is 6.04 Å². The van der Waals surface area contributed by atoms with Gasteiger partial charge < -0.3 is 15.3 Å². The lowest BCUT2D eigenvalue weighted by atomic mass is 10.2. The van der Waals surface area contributed by atoms with Crippen LogP contribution in [0.5, 0.6) is 0 Å². The number of rotatable bonds is 8. The highest BCUT2D eigenvalue weighted by molar-refractivity contribution is 5.47. The fraction of sp³-hybridized carbons (Fsp3) is 0.643. The van der Waals surface area contributed by atoms with E-state index in [9.17, 15) is 0 Å². The Hall–Kier alpha value is -1.29. The molecule has 0 saturated heterocycles. The summed E-state index contributed by atoms with van der Waals surface area (Å²) >= 11 is 0. The Morgan fingerprint density at radius 2 is 2.17 bits per heavy atom. The van der Waals surface area contributed by atoms with Crippen LogP contribution in [0, 0.1) is 0 Å². The average Bonchev–Trinajstić information content (AvgIpc) is 2.37. The molecule has 0 unspecified atom stereocenters. The number of hydrogen-bond acceptors (Lipinski definition) is 4. The highest BCUT2D eigenvalue weighted by atomic mass is 16.3. The Morgan fingerprint density at radius 3 is 2.78 bits per heavy atom. The van der Waals surface area contributed by atoms with Gasteiger partial charge in [-0.1, -0.05) is 13.0 Å². The van der Waals surface area contributed by atoms with E-state index in [2.05, 4.69) is 36.0 Å². The number of anilines is 2. The van der Waals surface area contributed by atoms with Gasteiger partial charge in [-0.15, -0.1) is 0 Å². The SMILES string of the molecule is CCCNc1cccc(N(CCCO)C(C)C)n1. The summed E-state index contributed by atoms with van der Waals surface area (Å²) in [5, 5.41) is 12.3. The first-order valence-corrected chi connectivity index (χ1v) is 6.77. The molecule has 102 valence electrons. The fourth-order valence-corrected chi connectivity index (χ4v) is 1.81. The summed E-state index contributed by atoms with van der Waals surface area (Å²) in [7, 11) is 0. The number of nitrogens with one attached hydrogen (secondary N) is 1. The van der Waals surface area contributed by atoms with Crippen LogP contribution in [-0.2, 0) is 0 Å². The van der Waals surface area contributed by atoms with Gasteiger partial charge in [0.1, 0.15) is 11.6 Å². The van der Waals surface area contributed by atoms with Gasteiger partial charge in [-0.3, -0.25) is 0 Å². The molecule has 0 atom stereocenters. The van der Waals surface area contributed by atoms with Crippen LogP contribution in [0.4, 0.5) is 11.6 Å². The molecule has 0 fully saturated rings. The second-order valence-corrected chi connectivity index (χ2v) is 4.67. The number of aliphatic hydroxyl groups excluding tert-OH is 1. The Morgan fingerprint density at radius 1 is 1.39 bits per heavy atom. The van der Waals surface area contributed by atoms with Crippen molar-refractivity contribution in [1.29, 1.82) is 0 Å². The maximum Gasteiger partial charge on any atom is 0.131 e. The van der Waals surface area contributed by atoms with Crippen molar-refractivity contribution < 1.29 is 5.11 Å². The van der Waals surface area contributed by atoms with Gasteiger partial charge >= 0.3 is 0 Å². The summed E-state index contributed by atoms with van der Waals surface area (Å²) in [5.41, 5.74) is 0. The molecule has 0 spiro atoms. The number of nitrogens with zero attached hydrogens (tertiary/aromatic N) is 2. The first-order chi connectivity index (χ1) is 8.69. The molecule has 18 heavy (non-hydrogen) atoms. The second kappa shape index (κ2) is 7.93. The molecule has 0 radical (unpaired) electrons. The first-order valence-electron chi connectivity index (χ1n) is 6.77. The Balaban J connectivity index is 2.77. The lowest BCUT2D eigenvalue weighted by Gasteiger charge is -2.28. The Bertz CT molecular complexity index is 342. The van der Waals surface area contributed by atoms with E-state index in [0.717, 1.165) is 37.6 Å². The van der Waals surface area contributed by atoms with Gasteiger partial charge in [-0.2, -0.15) is 0 Å². The maximum absolute atomic E-state index is 8.96. The molecule has 1 aromatic heterocycles. The van der Waals surface area contributed by atoms with Crippen LogP contribution >= 0.6 is 0 Å². The summed E-state index contributed by atoms with van der Waals surface area (Å²) < 4.78 is 0. The van der Waals surface area contributed by atoms with Crippen molar-refractivity contribution in [3.05, 3.63) is 18.2 Å². The number of aliphatic hydroxyl groups is 1. The van der Waals surface area contributed by atoms with Crippen LogP contribution in [0.25, 0.3) is 0 Å². The molecule has 4 heteroatoms. The predicted octanol–water partition coefficient (Wildman–Crippen LogP) is 2.50. The molecule has 0 amide bonds. The van der Waals surface area contributed by atoms with Crippen molar-refractivity contribution in [3.8, 4) is 0 Å². The van der Waals surface area contributed by atoms with E-state index < -0.39 is 0 Å². The number of aromatic nitrogens is 1. The van der Waals surface area contributed by atoms with Crippen LogP contribution < -0.4 is 10.2 Å². The average molecular weight is 251 g/mol. The van der Waals surface area contributed by atoms with E-state index in [1.54, 1.807) is 0 Å². The third-order valence-corrected chi connectivity index (χ3v) is 2.77. The minimum absolute atomic E-state index is 0.219. The van der Waals surface area contributed by atoms with Crippen LogP contribution in [0.15, 0.2) is 18.2 Å². The molecule has 0 aliphatic heterocycles. The van der Waals surface area contributed by atoms with E-state index in [1.165, 1.54) is 0 Å². The zero-order valence-corrected chi connectivity index (χ0v) is 11.7. The molecular weight excluding hydrogens is 226 g/mol. The minimum atomic E-state index is 0.219. The smallest absolute Gasteiger partial charge is 0.131 e. The molecule has 0 aromatic carbocycles. The summed E-state index contributed by atoms with van der Waals surface area (Å²) in [4.78, 5) is 6.83. The summed E-state index contributed by atoms with van der Waals surface area (Å²) in [6.45, 7) is 8.42. The van der Waals surface area contributed by atoms with Gasteiger partial charge in [-0.25, -0.2) is 4.98 Å². The van der Waals surface area contributed by atoms with E-state index >= 15 is 0 Å². The quantitative estimate of drug-likeness (QED) is 0.745. The van der Waals surface area contributed by atoms with E-state index in [-0.39, 0.29) is 6.61 Å². The molecule has 1 heterocycles. The van der Waals surface area contributed by atoms with Crippen LogP contribution in [-0.4, -0.2) is 35.8 Å². The van der Waals surface area contributed by atoms with Crippen molar-refractivity contribution in [2.45, 2.75) is 39.7 Å².